The van der Waals surface area contributed by atoms with Crippen LogP contribution in [0, 0.1) is 5.92 Å². The molecule has 1 heteroatoms. The second-order valence-corrected chi connectivity index (χ2v) is 6.75. The number of allylic oxidation sites excluding steroid dienone is 2. The molecule has 0 saturated heterocycles. The smallest absolute Gasteiger partial charge is 0.0897 e. The molecule has 1 aromatic rings. The van der Waals surface area contributed by atoms with Crippen LogP contribution in [-0.2, 0) is 6.42 Å². The van der Waals surface area contributed by atoms with Gasteiger partial charge in [-0.1, -0.05) is 49.8 Å². The third-order valence-corrected chi connectivity index (χ3v) is 4.98. The summed E-state index contributed by atoms with van der Waals surface area (Å²) in [5, 5.41) is 0. The Bertz CT molecular complexity index is 424. The van der Waals surface area contributed by atoms with Gasteiger partial charge in [-0.15, -0.1) is 0 Å². The van der Waals surface area contributed by atoms with E-state index in [9.17, 15) is 4.39 Å². The van der Waals surface area contributed by atoms with Crippen molar-refractivity contribution in [3.63, 3.8) is 0 Å². The Hall–Kier alpha value is -1.11. The van der Waals surface area contributed by atoms with E-state index in [1.165, 1.54) is 56.1 Å². The molecule has 0 amide bonds. The number of aryl methyl sites for hydroxylation is 1. The zero-order valence-corrected chi connectivity index (χ0v) is 14.1. The summed E-state index contributed by atoms with van der Waals surface area (Å²) in [6, 6.07) is 9.34. The van der Waals surface area contributed by atoms with E-state index in [-0.39, 0.29) is 6.67 Å². The van der Waals surface area contributed by atoms with Gasteiger partial charge in [0.1, 0.15) is 0 Å². The molecule has 2 rings (SSSR count). The summed E-state index contributed by atoms with van der Waals surface area (Å²) in [7, 11) is 0. The Labute approximate surface area is 135 Å². The maximum Gasteiger partial charge on any atom is 0.0897 e. The van der Waals surface area contributed by atoms with Gasteiger partial charge >= 0.3 is 0 Å². The molecule has 0 nitrogen and oxygen atoms in total. The number of alkyl halides is 1. The van der Waals surface area contributed by atoms with E-state index in [0.29, 0.717) is 6.42 Å². The van der Waals surface area contributed by atoms with Gasteiger partial charge in [-0.3, -0.25) is 4.39 Å². The minimum atomic E-state index is -0.188. The van der Waals surface area contributed by atoms with Crippen LogP contribution in [0.3, 0.4) is 0 Å². The van der Waals surface area contributed by atoms with Crippen LogP contribution in [0.4, 0.5) is 4.39 Å². The molecule has 0 heterocycles. The monoisotopic (exact) mass is 302 g/mol. The van der Waals surface area contributed by atoms with Crippen molar-refractivity contribution in [1.29, 1.82) is 0 Å². The van der Waals surface area contributed by atoms with Gasteiger partial charge < -0.3 is 0 Å². The summed E-state index contributed by atoms with van der Waals surface area (Å²) >= 11 is 0. The van der Waals surface area contributed by atoms with Crippen molar-refractivity contribution < 1.29 is 4.39 Å². The van der Waals surface area contributed by atoms with Crippen molar-refractivity contribution in [3.8, 4) is 0 Å². The highest BCUT2D eigenvalue weighted by Gasteiger charge is 2.21. The third kappa shape index (κ3) is 5.59. The molecule has 0 aliphatic heterocycles. The van der Waals surface area contributed by atoms with E-state index >= 15 is 0 Å². The molecular formula is C21H31F. The Morgan fingerprint density at radius 3 is 2.41 bits per heavy atom. The molecule has 22 heavy (non-hydrogen) atoms. The van der Waals surface area contributed by atoms with Gasteiger partial charge in [-0.2, -0.15) is 0 Å². The SMILES string of the molecule is CCCc1ccc([C@H]2CC[C@H](C/C=C/CCCF)CC2)cc1. The van der Waals surface area contributed by atoms with E-state index in [1.54, 1.807) is 0 Å². The van der Waals surface area contributed by atoms with Crippen LogP contribution < -0.4 is 0 Å². The lowest BCUT2D eigenvalue weighted by atomic mass is 9.77. The van der Waals surface area contributed by atoms with Gasteiger partial charge in [0.2, 0.25) is 0 Å². The van der Waals surface area contributed by atoms with Gasteiger partial charge in [0, 0.05) is 0 Å². The lowest BCUT2D eigenvalue weighted by Gasteiger charge is -2.28. The molecule has 1 aliphatic carbocycles. The first-order chi connectivity index (χ1) is 10.8. The maximum atomic E-state index is 12.0. The summed E-state index contributed by atoms with van der Waals surface area (Å²) in [5.41, 5.74) is 3.01. The minimum absolute atomic E-state index is 0.188. The van der Waals surface area contributed by atoms with Crippen LogP contribution >= 0.6 is 0 Å². The summed E-state index contributed by atoms with van der Waals surface area (Å²) < 4.78 is 12.0. The molecule has 1 aromatic carbocycles. The van der Waals surface area contributed by atoms with Crippen molar-refractivity contribution in [2.45, 2.75) is 70.6 Å². The summed E-state index contributed by atoms with van der Waals surface area (Å²) in [4.78, 5) is 0. The lowest BCUT2D eigenvalue weighted by Crippen LogP contribution is -2.12. The average molecular weight is 302 g/mol. The van der Waals surface area contributed by atoms with Crippen LogP contribution in [0.5, 0.6) is 0 Å². The Balaban J connectivity index is 1.73. The summed E-state index contributed by atoms with van der Waals surface area (Å²) in [6.45, 7) is 2.05. The highest BCUT2D eigenvalue weighted by molar-refractivity contribution is 5.25. The number of unbranched alkanes of at least 4 members (excludes halogenated alkanes) is 1. The quantitative estimate of drug-likeness (QED) is 0.374. The highest BCUT2D eigenvalue weighted by Crippen LogP contribution is 2.37. The molecule has 1 fully saturated rings. The van der Waals surface area contributed by atoms with Gasteiger partial charge in [0.25, 0.3) is 0 Å². The number of hydrogen-bond acceptors (Lipinski definition) is 0. The lowest BCUT2D eigenvalue weighted by molar-refractivity contribution is 0.328. The standard InChI is InChI=1S/C21H31F/c1-2-7-18-9-13-20(14-10-18)21-15-11-19(12-16-21)8-5-3-4-6-17-22/h3,5,9-10,13-14,19,21H,2,4,6-8,11-12,15-17H2,1H3/b5-3+/t19-,21-. The van der Waals surface area contributed by atoms with Crippen LogP contribution in [0.2, 0.25) is 0 Å². The third-order valence-electron chi connectivity index (χ3n) is 4.98. The molecule has 0 N–H and O–H groups in total. The van der Waals surface area contributed by atoms with E-state index < -0.39 is 0 Å². The highest BCUT2D eigenvalue weighted by atomic mass is 19.1. The Morgan fingerprint density at radius 2 is 1.77 bits per heavy atom. The van der Waals surface area contributed by atoms with Crippen molar-refractivity contribution in [3.05, 3.63) is 47.5 Å². The Morgan fingerprint density at radius 1 is 1.05 bits per heavy atom. The second kappa shape index (κ2) is 9.82. The van der Waals surface area contributed by atoms with E-state index in [4.69, 9.17) is 0 Å². The van der Waals surface area contributed by atoms with E-state index in [2.05, 4.69) is 43.3 Å². The largest absolute Gasteiger partial charge is 0.251 e. The fraction of sp³-hybridized carbons (Fsp3) is 0.619. The van der Waals surface area contributed by atoms with Gasteiger partial charge in [-0.25, -0.2) is 0 Å². The average Bonchev–Trinajstić information content (AvgIpc) is 2.56. The minimum Gasteiger partial charge on any atom is -0.251 e. The first-order valence-electron chi connectivity index (χ1n) is 9.13. The molecule has 0 unspecified atom stereocenters. The Kier molecular flexibility index (Phi) is 7.70. The molecular weight excluding hydrogens is 271 g/mol. The molecule has 1 saturated carbocycles. The zero-order chi connectivity index (χ0) is 15.6. The van der Waals surface area contributed by atoms with Crippen LogP contribution in [0.25, 0.3) is 0 Å². The molecule has 0 bridgehead atoms. The summed E-state index contributed by atoms with van der Waals surface area (Å²) in [6.07, 6.45) is 15.0. The number of rotatable bonds is 8. The molecule has 0 aromatic heterocycles. The van der Waals surface area contributed by atoms with E-state index in [0.717, 1.165) is 18.3 Å². The van der Waals surface area contributed by atoms with Crippen molar-refractivity contribution in [1.82, 2.24) is 0 Å². The fourth-order valence-corrected chi connectivity index (χ4v) is 3.58. The van der Waals surface area contributed by atoms with Crippen molar-refractivity contribution >= 4 is 0 Å². The number of hydrogen-bond donors (Lipinski definition) is 0. The van der Waals surface area contributed by atoms with Crippen LogP contribution in [-0.4, -0.2) is 6.67 Å². The van der Waals surface area contributed by atoms with Gasteiger partial charge in [0.15, 0.2) is 0 Å². The van der Waals surface area contributed by atoms with Gasteiger partial charge in [0.05, 0.1) is 6.67 Å². The maximum absolute atomic E-state index is 12.0. The van der Waals surface area contributed by atoms with Crippen molar-refractivity contribution in [2.75, 3.05) is 6.67 Å². The fourth-order valence-electron chi connectivity index (χ4n) is 3.58. The molecule has 0 radical (unpaired) electrons. The normalized spacial score (nSPS) is 22.3. The predicted molar refractivity (Wildman–Crippen MR) is 94.1 cm³/mol. The second-order valence-electron chi connectivity index (χ2n) is 6.75. The first kappa shape index (κ1) is 17.2. The van der Waals surface area contributed by atoms with Crippen molar-refractivity contribution in [2.24, 2.45) is 5.92 Å². The molecule has 1 aliphatic rings. The van der Waals surface area contributed by atoms with Crippen LogP contribution in [0.15, 0.2) is 36.4 Å². The predicted octanol–water partition coefficient (Wildman–Crippen LogP) is 6.61. The molecule has 0 atom stereocenters. The van der Waals surface area contributed by atoms with Gasteiger partial charge in [-0.05, 0) is 74.3 Å². The number of halogens is 1. The summed E-state index contributed by atoms with van der Waals surface area (Å²) in [5.74, 6) is 1.61. The topological polar surface area (TPSA) is 0 Å². The molecule has 122 valence electrons. The van der Waals surface area contributed by atoms with E-state index in [1.807, 2.05) is 0 Å². The molecule has 0 spiro atoms. The zero-order valence-electron chi connectivity index (χ0n) is 14.1. The first-order valence-corrected chi connectivity index (χ1v) is 9.13. The number of benzene rings is 1. The van der Waals surface area contributed by atoms with Crippen LogP contribution in [0.1, 0.15) is 75.3 Å².